The summed E-state index contributed by atoms with van der Waals surface area (Å²) in [6.07, 6.45) is 0. The van der Waals surface area contributed by atoms with Crippen LogP contribution in [0.4, 0.5) is 11.4 Å². The van der Waals surface area contributed by atoms with Crippen molar-refractivity contribution in [1.29, 1.82) is 0 Å². The largest absolute Gasteiger partial charge is 0.508 e. The normalized spacial score (nSPS) is 13.6. The smallest absolute Gasteiger partial charge is 0.176 e. The van der Waals surface area contributed by atoms with Crippen molar-refractivity contribution in [2.24, 2.45) is 5.10 Å². The molecule has 0 fully saturated rings. The summed E-state index contributed by atoms with van der Waals surface area (Å²) in [6.45, 7) is 0. The van der Waals surface area contributed by atoms with Gasteiger partial charge in [0.2, 0.25) is 0 Å². The van der Waals surface area contributed by atoms with Crippen LogP contribution in [0.15, 0.2) is 90.0 Å². The molecular formula is C19H16N4O. The molecule has 0 radical (unpaired) electrons. The van der Waals surface area contributed by atoms with Gasteiger partial charge in [0, 0.05) is 5.56 Å². The number of phenolic OH excluding ortho intramolecular Hbond substituents is 1. The lowest BCUT2D eigenvalue weighted by atomic mass is 10.2. The van der Waals surface area contributed by atoms with E-state index in [4.69, 9.17) is 0 Å². The summed E-state index contributed by atoms with van der Waals surface area (Å²) in [5, 5.41) is 18.1. The monoisotopic (exact) mass is 316 g/mol. The maximum Gasteiger partial charge on any atom is 0.176 e. The van der Waals surface area contributed by atoms with E-state index >= 15 is 0 Å². The molecule has 24 heavy (non-hydrogen) atoms. The van der Waals surface area contributed by atoms with Crippen molar-refractivity contribution in [2.45, 2.75) is 0 Å². The second-order valence-corrected chi connectivity index (χ2v) is 5.38. The molecule has 118 valence electrons. The molecule has 1 aliphatic heterocycles. The van der Waals surface area contributed by atoms with Gasteiger partial charge < -0.3 is 5.11 Å². The fraction of sp³-hybridized carbons (Fsp3) is 0. The van der Waals surface area contributed by atoms with Crippen molar-refractivity contribution in [1.82, 2.24) is 5.43 Å². The number of nitrogens with zero attached hydrogens (tertiary/aromatic N) is 3. The third kappa shape index (κ3) is 2.63. The summed E-state index contributed by atoms with van der Waals surface area (Å²) in [5.41, 5.74) is 6.00. The molecule has 0 saturated heterocycles. The standard InChI is InChI=1S/C19H16N4O/c24-18-13-7-8-15(14-18)19-20-22(16-9-3-1-4-10-16)23(21-19)17-11-5-2-6-12-17/h1-14,24H,(H,20,21). The first-order valence-corrected chi connectivity index (χ1v) is 7.66. The fourth-order valence-corrected chi connectivity index (χ4v) is 2.56. The molecule has 5 heteroatoms. The molecule has 3 aromatic carbocycles. The molecule has 0 aromatic heterocycles. The molecule has 1 aliphatic rings. The highest BCUT2D eigenvalue weighted by atomic mass is 16.3. The van der Waals surface area contributed by atoms with E-state index in [-0.39, 0.29) is 5.75 Å². The lowest BCUT2D eigenvalue weighted by molar-refractivity contribution is 0.475. The molecule has 0 spiro atoms. The van der Waals surface area contributed by atoms with Crippen molar-refractivity contribution in [3.63, 3.8) is 0 Å². The zero-order valence-corrected chi connectivity index (χ0v) is 12.9. The average molecular weight is 316 g/mol. The van der Waals surface area contributed by atoms with Gasteiger partial charge in [-0.05, 0) is 36.4 Å². The van der Waals surface area contributed by atoms with Gasteiger partial charge in [-0.25, -0.2) is 0 Å². The van der Waals surface area contributed by atoms with Crippen LogP contribution in [0, 0.1) is 0 Å². The maximum atomic E-state index is 9.73. The lowest BCUT2D eigenvalue weighted by Gasteiger charge is -2.27. The van der Waals surface area contributed by atoms with Crippen molar-refractivity contribution in [2.75, 3.05) is 10.2 Å². The van der Waals surface area contributed by atoms with E-state index in [2.05, 4.69) is 10.5 Å². The molecule has 0 bridgehead atoms. The van der Waals surface area contributed by atoms with E-state index in [1.165, 1.54) is 0 Å². The Bertz CT molecular complexity index is 865. The van der Waals surface area contributed by atoms with Gasteiger partial charge in [0.1, 0.15) is 5.75 Å². The summed E-state index contributed by atoms with van der Waals surface area (Å²) >= 11 is 0. The highest BCUT2D eigenvalue weighted by Crippen LogP contribution is 2.25. The van der Waals surface area contributed by atoms with E-state index in [1.54, 1.807) is 23.3 Å². The van der Waals surface area contributed by atoms with E-state index < -0.39 is 0 Å². The van der Waals surface area contributed by atoms with Gasteiger partial charge >= 0.3 is 0 Å². The molecule has 0 saturated carbocycles. The van der Waals surface area contributed by atoms with Crippen LogP contribution in [-0.4, -0.2) is 10.9 Å². The van der Waals surface area contributed by atoms with Crippen molar-refractivity contribution in [3.8, 4) is 5.75 Å². The van der Waals surface area contributed by atoms with Crippen LogP contribution in [0.2, 0.25) is 0 Å². The number of anilines is 2. The zero-order chi connectivity index (χ0) is 16.4. The Balaban J connectivity index is 1.76. The first-order valence-electron chi connectivity index (χ1n) is 7.66. The van der Waals surface area contributed by atoms with Crippen LogP contribution in [0.5, 0.6) is 5.75 Å². The molecular weight excluding hydrogens is 300 g/mol. The number of hydrogen-bond donors (Lipinski definition) is 2. The number of aromatic hydroxyl groups is 1. The summed E-state index contributed by atoms with van der Waals surface area (Å²) in [5.74, 6) is 0.875. The minimum atomic E-state index is 0.210. The Morgan fingerprint density at radius 3 is 2.08 bits per heavy atom. The average Bonchev–Trinajstić information content (AvgIpc) is 3.09. The number of hydrazone groups is 1. The number of amidine groups is 1. The minimum absolute atomic E-state index is 0.210. The zero-order valence-electron chi connectivity index (χ0n) is 12.9. The number of nitrogens with one attached hydrogen (secondary N) is 1. The van der Waals surface area contributed by atoms with Gasteiger partial charge in [0.25, 0.3) is 0 Å². The Morgan fingerprint density at radius 1 is 0.750 bits per heavy atom. The predicted octanol–water partition coefficient (Wildman–Crippen LogP) is 3.50. The molecule has 4 rings (SSSR count). The molecule has 0 aliphatic carbocycles. The van der Waals surface area contributed by atoms with Crippen LogP contribution in [0.3, 0.4) is 0 Å². The number of rotatable bonds is 3. The molecule has 0 atom stereocenters. The van der Waals surface area contributed by atoms with Gasteiger partial charge in [-0.1, -0.05) is 48.5 Å². The summed E-state index contributed by atoms with van der Waals surface area (Å²) in [7, 11) is 0. The molecule has 0 unspecified atom stereocenters. The minimum Gasteiger partial charge on any atom is -0.508 e. The van der Waals surface area contributed by atoms with E-state index in [0.29, 0.717) is 5.84 Å². The highest BCUT2D eigenvalue weighted by molar-refractivity contribution is 6.02. The van der Waals surface area contributed by atoms with E-state index in [1.807, 2.05) is 71.8 Å². The van der Waals surface area contributed by atoms with Crippen LogP contribution in [-0.2, 0) is 0 Å². The van der Waals surface area contributed by atoms with Gasteiger partial charge in [-0.2, -0.15) is 10.2 Å². The van der Waals surface area contributed by atoms with Gasteiger partial charge in [-0.3, -0.25) is 5.43 Å². The Morgan fingerprint density at radius 2 is 1.42 bits per heavy atom. The molecule has 1 heterocycles. The second kappa shape index (κ2) is 5.96. The number of para-hydroxylation sites is 2. The van der Waals surface area contributed by atoms with Crippen molar-refractivity contribution >= 4 is 17.2 Å². The third-order valence-corrected chi connectivity index (χ3v) is 3.70. The molecule has 0 amide bonds. The SMILES string of the molecule is Oc1cccc(C2=NN(c3ccccc3)N(c3ccccc3)N2)c1. The van der Waals surface area contributed by atoms with Crippen molar-refractivity contribution in [3.05, 3.63) is 90.5 Å². The summed E-state index contributed by atoms with van der Waals surface area (Å²) in [4.78, 5) is 0. The molecule has 3 aromatic rings. The van der Waals surface area contributed by atoms with Crippen LogP contribution in [0.1, 0.15) is 5.56 Å². The topological polar surface area (TPSA) is 51.1 Å². The second-order valence-electron chi connectivity index (χ2n) is 5.38. The summed E-state index contributed by atoms with van der Waals surface area (Å²) < 4.78 is 0. The molecule has 2 N–H and O–H groups in total. The quantitative estimate of drug-likeness (QED) is 0.776. The Kier molecular flexibility index (Phi) is 3.51. The number of hydrogen-bond acceptors (Lipinski definition) is 5. The maximum absolute atomic E-state index is 9.73. The predicted molar refractivity (Wildman–Crippen MR) is 95.6 cm³/mol. The Hall–Kier alpha value is -3.47. The van der Waals surface area contributed by atoms with Crippen LogP contribution in [0.25, 0.3) is 0 Å². The number of phenols is 1. The van der Waals surface area contributed by atoms with Crippen LogP contribution >= 0.6 is 0 Å². The first-order chi connectivity index (χ1) is 11.8. The number of benzene rings is 3. The highest BCUT2D eigenvalue weighted by Gasteiger charge is 2.26. The molecule has 5 nitrogen and oxygen atoms in total. The van der Waals surface area contributed by atoms with Gasteiger partial charge in [0.15, 0.2) is 5.84 Å². The van der Waals surface area contributed by atoms with E-state index in [0.717, 1.165) is 16.9 Å². The van der Waals surface area contributed by atoms with E-state index in [9.17, 15) is 5.11 Å². The lowest BCUT2D eigenvalue weighted by Crippen LogP contribution is -2.44. The van der Waals surface area contributed by atoms with Gasteiger partial charge in [-0.15, -0.1) is 5.10 Å². The van der Waals surface area contributed by atoms with Gasteiger partial charge in [0.05, 0.1) is 11.4 Å². The Labute approximate surface area is 140 Å². The first kappa shape index (κ1) is 14.1. The van der Waals surface area contributed by atoms with Crippen LogP contribution < -0.4 is 15.7 Å². The fourth-order valence-electron chi connectivity index (χ4n) is 2.56. The number of hydrazine groups is 2. The van der Waals surface area contributed by atoms with Crippen molar-refractivity contribution < 1.29 is 5.11 Å². The third-order valence-electron chi connectivity index (χ3n) is 3.70. The summed E-state index contributed by atoms with van der Waals surface area (Å²) in [6, 6.07) is 26.9.